The van der Waals surface area contributed by atoms with Crippen molar-refractivity contribution < 1.29 is 9.72 Å². The second kappa shape index (κ2) is 5.46. The van der Waals surface area contributed by atoms with Crippen LogP contribution in [-0.4, -0.2) is 28.3 Å². The monoisotopic (exact) mass is 328 g/mol. The van der Waals surface area contributed by atoms with Crippen LogP contribution in [0.15, 0.2) is 12.1 Å². The SMILES string of the molecule is O=C(c1cc([N+](=O)[O-])cc(Cl)c1Cl)N(CC1CC1)C1CC1. The maximum Gasteiger partial charge on any atom is 0.271 e. The second-order valence-electron chi connectivity index (χ2n) is 5.68. The number of carbonyl (C=O) groups is 1. The van der Waals surface area contributed by atoms with Crippen molar-refractivity contribution in [2.24, 2.45) is 5.92 Å². The summed E-state index contributed by atoms with van der Waals surface area (Å²) in [6, 6.07) is 2.63. The van der Waals surface area contributed by atoms with Crippen molar-refractivity contribution in [3.05, 3.63) is 37.9 Å². The van der Waals surface area contributed by atoms with Gasteiger partial charge in [0.25, 0.3) is 11.6 Å². The molecule has 2 fully saturated rings. The summed E-state index contributed by atoms with van der Waals surface area (Å²) in [6.07, 6.45) is 4.25. The minimum Gasteiger partial charge on any atom is -0.335 e. The molecule has 5 nitrogen and oxygen atoms in total. The normalized spacial score (nSPS) is 17.6. The van der Waals surface area contributed by atoms with E-state index >= 15 is 0 Å². The van der Waals surface area contributed by atoms with E-state index in [9.17, 15) is 14.9 Å². The predicted molar refractivity (Wildman–Crippen MR) is 79.9 cm³/mol. The minimum atomic E-state index is -0.568. The molecule has 0 saturated heterocycles. The topological polar surface area (TPSA) is 63.4 Å². The van der Waals surface area contributed by atoms with E-state index < -0.39 is 4.92 Å². The van der Waals surface area contributed by atoms with Crippen molar-refractivity contribution in [1.82, 2.24) is 4.90 Å². The molecule has 2 aliphatic rings. The van der Waals surface area contributed by atoms with E-state index in [0.717, 1.165) is 25.7 Å². The summed E-state index contributed by atoms with van der Waals surface area (Å²) in [5.74, 6) is 0.308. The summed E-state index contributed by atoms with van der Waals surface area (Å²) in [5, 5.41) is 11.1. The summed E-state index contributed by atoms with van der Waals surface area (Å²) < 4.78 is 0. The van der Waals surface area contributed by atoms with Crippen LogP contribution in [-0.2, 0) is 0 Å². The van der Waals surface area contributed by atoms with Crippen LogP contribution in [0.2, 0.25) is 10.0 Å². The van der Waals surface area contributed by atoms with Gasteiger partial charge >= 0.3 is 0 Å². The van der Waals surface area contributed by atoms with Gasteiger partial charge in [-0.15, -0.1) is 0 Å². The molecular formula is C14H14Cl2N2O3. The molecule has 1 aromatic carbocycles. The van der Waals surface area contributed by atoms with Gasteiger partial charge in [0.05, 0.1) is 20.5 Å². The van der Waals surface area contributed by atoms with Crippen molar-refractivity contribution in [2.45, 2.75) is 31.7 Å². The van der Waals surface area contributed by atoms with E-state index in [2.05, 4.69) is 0 Å². The third kappa shape index (κ3) is 3.14. The van der Waals surface area contributed by atoms with Gasteiger partial charge in [-0.1, -0.05) is 23.2 Å². The van der Waals surface area contributed by atoms with Crippen LogP contribution in [0, 0.1) is 16.0 Å². The lowest BCUT2D eigenvalue weighted by molar-refractivity contribution is -0.384. The van der Waals surface area contributed by atoms with E-state index in [-0.39, 0.29) is 33.2 Å². The first-order valence-corrected chi connectivity index (χ1v) is 7.67. The highest BCUT2D eigenvalue weighted by atomic mass is 35.5. The second-order valence-corrected chi connectivity index (χ2v) is 6.46. The van der Waals surface area contributed by atoms with Crippen LogP contribution in [0.25, 0.3) is 0 Å². The van der Waals surface area contributed by atoms with Crippen LogP contribution in [0.3, 0.4) is 0 Å². The molecule has 0 atom stereocenters. The van der Waals surface area contributed by atoms with Gasteiger partial charge in [-0.05, 0) is 31.6 Å². The summed E-state index contributed by atoms with van der Waals surface area (Å²) in [7, 11) is 0. The molecule has 2 aliphatic carbocycles. The van der Waals surface area contributed by atoms with Crippen LogP contribution >= 0.6 is 23.2 Å². The van der Waals surface area contributed by atoms with Gasteiger partial charge < -0.3 is 4.90 Å². The molecule has 0 unspecified atom stereocenters. The van der Waals surface area contributed by atoms with Crippen molar-refractivity contribution in [3.8, 4) is 0 Å². The first-order chi connectivity index (χ1) is 9.97. The number of hydrogen-bond acceptors (Lipinski definition) is 3. The van der Waals surface area contributed by atoms with E-state index in [1.807, 2.05) is 0 Å². The summed E-state index contributed by atoms with van der Waals surface area (Å²) in [4.78, 5) is 24.9. The molecule has 1 amide bonds. The Hall–Kier alpha value is -1.33. The highest BCUT2D eigenvalue weighted by Crippen LogP contribution is 2.38. The molecule has 0 aliphatic heterocycles. The number of nitro groups is 1. The molecule has 0 spiro atoms. The predicted octanol–water partition coefficient (Wildman–Crippen LogP) is 3.92. The zero-order chi connectivity index (χ0) is 15.1. The molecule has 0 radical (unpaired) electrons. The number of nitro benzene ring substituents is 1. The Morgan fingerprint density at radius 1 is 1.29 bits per heavy atom. The van der Waals surface area contributed by atoms with Gasteiger partial charge in [0, 0.05) is 24.7 Å². The first-order valence-electron chi connectivity index (χ1n) is 6.91. The van der Waals surface area contributed by atoms with Gasteiger partial charge in [-0.2, -0.15) is 0 Å². The Morgan fingerprint density at radius 2 is 1.95 bits per heavy atom. The molecule has 2 saturated carbocycles. The molecule has 3 rings (SSSR count). The molecule has 21 heavy (non-hydrogen) atoms. The Labute approximate surface area is 132 Å². The number of hydrogen-bond donors (Lipinski definition) is 0. The minimum absolute atomic E-state index is 0.0383. The quantitative estimate of drug-likeness (QED) is 0.607. The van der Waals surface area contributed by atoms with Gasteiger partial charge in [0.2, 0.25) is 0 Å². The molecule has 0 bridgehead atoms. The Morgan fingerprint density at radius 3 is 2.48 bits per heavy atom. The molecule has 0 heterocycles. The van der Waals surface area contributed by atoms with Crippen molar-refractivity contribution >= 4 is 34.8 Å². The Balaban J connectivity index is 1.93. The lowest BCUT2D eigenvalue weighted by Gasteiger charge is -2.23. The lowest BCUT2D eigenvalue weighted by atomic mass is 10.1. The number of carbonyl (C=O) groups excluding carboxylic acids is 1. The first kappa shape index (κ1) is 14.6. The lowest BCUT2D eigenvalue weighted by Crippen LogP contribution is -2.35. The van der Waals surface area contributed by atoms with E-state index in [0.29, 0.717) is 12.5 Å². The molecular weight excluding hydrogens is 315 g/mol. The largest absolute Gasteiger partial charge is 0.335 e. The van der Waals surface area contributed by atoms with Gasteiger partial charge in [-0.3, -0.25) is 14.9 Å². The Bertz CT molecular complexity index is 612. The molecule has 0 aromatic heterocycles. The van der Waals surface area contributed by atoms with E-state index in [1.165, 1.54) is 12.1 Å². The van der Waals surface area contributed by atoms with Crippen LogP contribution in [0.4, 0.5) is 5.69 Å². The van der Waals surface area contributed by atoms with Gasteiger partial charge in [-0.25, -0.2) is 0 Å². The van der Waals surface area contributed by atoms with Crippen molar-refractivity contribution in [2.75, 3.05) is 6.54 Å². The van der Waals surface area contributed by atoms with Crippen LogP contribution in [0.1, 0.15) is 36.0 Å². The summed E-state index contributed by atoms with van der Waals surface area (Å²) >= 11 is 12.0. The number of nitrogens with zero attached hydrogens (tertiary/aromatic N) is 2. The number of amides is 1. The third-order valence-electron chi connectivity index (χ3n) is 3.85. The van der Waals surface area contributed by atoms with Crippen LogP contribution in [0.5, 0.6) is 0 Å². The number of benzene rings is 1. The third-order valence-corrected chi connectivity index (χ3v) is 4.66. The van der Waals surface area contributed by atoms with Crippen molar-refractivity contribution in [3.63, 3.8) is 0 Å². The summed E-state index contributed by atoms with van der Waals surface area (Å²) in [6.45, 7) is 0.708. The van der Waals surface area contributed by atoms with Gasteiger partial charge in [0.15, 0.2) is 0 Å². The van der Waals surface area contributed by atoms with E-state index in [4.69, 9.17) is 23.2 Å². The molecule has 7 heteroatoms. The fourth-order valence-corrected chi connectivity index (χ4v) is 2.76. The van der Waals surface area contributed by atoms with Crippen LogP contribution < -0.4 is 0 Å². The zero-order valence-electron chi connectivity index (χ0n) is 11.2. The molecule has 112 valence electrons. The average Bonchev–Trinajstić information content (AvgIpc) is 3.31. The maximum atomic E-state index is 12.7. The average molecular weight is 329 g/mol. The Kier molecular flexibility index (Phi) is 3.80. The summed E-state index contributed by atoms with van der Waals surface area (Å²) in [5.41, 5.74) is -0.0849. The van der Waals surface area contributed by atoms with E-state index in [1.54, 1.807) is 4.90 Å². The molecule has 0 N–H and O–H groups in total. The number of non-ortho nitro benzene ring substituents is 1. The fraction of sp³-hybridized carbons (Fsp3) is 0.500. The fourth-order valence-electron chi connectivity index (χ4n) is 2.35. The number of rotatable bonds is 5. The molecule has 1 aromatic rings. The standard InChI is InChI=1S/C14H14Cl2N2O3/c15-12-6-10(18(20)21)5-11(13(12)16)14(19)17(9-3-4-9)7-8-1-2-8/h5-6,8-9H,1-4,7H2. The highest BCUT2D eigenvalue weighted by molar-refractivity contribution is 6.44. The maximum absolute atomic E-state index is 12.7. The zero-order valence-corrected chi connectivity index (χ0v) is 12.7. The smallest absolute Gasteiger partial charge is 0.271 e. The highest BCUT2D eigenvalue weighted by Gasteiger charge is 2.38. The number of halogens is 2. The van der Waals surface area contributed by atoms with Gasteiger partial charge in [0.1, 0.15) is 0 Å². The van der Waals surface area contributed by atoms with Crippen molar-refractivity contribution in [1.29, 1.82) is 0 Å².